The van der Waals surface area contributed by atoms with E-state index in [1.807, 2.05) is 20.8 Å². The van der Waals surface area contributed by atoms with Crippen molar-refractivity contribution in [1.29, 1.82) is 0 Å². The van der Waals surface area contributed by atoms with E-state index < -0.39 is 5.60 Å². The molecule has 2 aliphatic heterocycles. The zero-order valence-electron chi connectivity index (χ0n) is 14.9. The summed E-state index contributed by atoms with van der Waals surface area (Å²) in [5.41, 5.74) is -0.424. The van der Waals surface area contributed by atoms with Crippen LogP contribution in [0.1, 0.15) is 46.5 Å². The molecule has 134 valence electrons. The molecular weight excluding hydrogens is 294 g/mol. The van der Waals surface area contributed by atoms with Gasteiger partial charge < -0.3 is 25.0 Å². The molecule has 0 bridgehead atoms. The van der Waals surface area contributed by atoms with Crippen molar-refractivity contribution in [3.05, 3.63) is 0 Å². The predicted molar refractivity (Wildman–Crippen MR) is 90.7 cm³/mol. The number of hydrogen-bond acceptors (Lipinski definition) is 5. The van der Waals surface area contributed by atoms with Crippen molar-refractivity contribution in [1.82, 2.24) is 15.5 Å². The van der Waals surface area contributed by atoms with Crippen LogP contribution in [-0.2, 0) is 9.47 Å². The maximum absolute atomic E-state index is 12.0. The molecule has 6 nitrogen and oxygen atoms in total. The lowest BCUT2D eigenvalue weighted by Crippen LogP contribution is -2.43. The Balaban J connectivity index is 1.51. The van der Waals surface area contributed by atoms with Crippen LogP contribution in [0.15, 0.2) is 0 Å². The number of nitrogens with zero attached hydrogens (tertiary/aromatic N) is 1. The van der Waals surface area contributed by atoms with Crippen LogP contribution >= 0.6 is 0 Å². The van der Waals surface area contributed by atoms with Gasteiger partial charge in [-0.1, -0.05) is 0 Å². The Hall–Kier alpha value is -0.850. The Kier molecular flexibility index (Phi) is 7.11. The van der Waals surface area contributed by atoms with Crippen LogP contribution < -0.4 is 10.6 Å². The third-order valence-corrected chi connectivity index (χ3v) is 4.26. The van der Waals surface area contributed by atoms with Crippen LogP contribution in [0.2, 0.25) is 0 Å². The standard InChI is InChI=1S/C17H33N3O3/c1-17(2,3)23-16(21)20-10-6-15(7-11-20)22-12-4-8-19-14-5-9-18-13-14/h14-15,18-19H,4-13H2,1-3H3. The lowest BCUT2D eigenvalue weighted by Gasteiger charge is -2.33. The van der Waals surface area contributed by atoms with Crippen molar-refractivity contribution in [3.8, 4) is 0 Å². The minimum atomic E-state index is -0.424. The molecule has 1 unspecified atom stereocenters. The number of hydrogen-bond donors (Lipinski definition) is 2. The van der Waals surface area contributed by atoms with E-state index in [0.29, 0.717) is 6.04 Å². The summed E-state index contributed by atoms with van der Waals surface area (Å²) in [5, 5.41) is 6.91. The molecule has 1 amide bonds. The number of piperidine rings is 1. The second-order valence-electron chi connectivity index (χ2n) is 7.53. The minimum absolute atomic E-state index is 0.203. The molecule has 6 heteroatoms. The van der Waals surface area contributed by atoms with E-state index in [4.69, 9.17) is 9.47 Å². The first-order valence-corrected chi connectivity index (χ1v) is 8.98. The first-order chi connectivity index (χ1) is 10.9. The second kappa shape index (κ2) is 8.85. The Morgan fingerprint density at radius 3 is 2.61 bits per heavy atom. The summed E-state index contributed by atoms with van der Waals surface area (Å²) in [5.74, 6) is 0. The number of amides is 1. The molecule has 2 fully saturated rings. The third kappa shape index (κ3) is 7.06. The second-order valence-corrected chi connectivity index (χ2v) is 7.53. The van der Waals surface area contributed by atoms with Gasteiger partial charge in [-0.2, -0.15) is 0 Å². The summed E-state index contributed by atoms with van der Waals surface area (Å²) in [4.78, 5) is 13.8. The largest absolute Gasteiger partial charge is 0.444 e. The normalized spacial score (nSPS) is 23.3. The summed E-state index contributed by atoms with van der Waals surface area (Å²) in [7, 11) is 0. The summed E-state index contributed by atoms with van der Waals surface area (Å²) in [6.07, 6.45) is 4.15. The zero-order chi connectivity index (χ0) is 16.7. The highest BCUT2D eigenvalue weighted by atomic mass is 16.6. The molecule has 0 saturated carbocycles. The number of rotatable bonds is 6. The van der Waals surface area contributed by atoms with Gasteiger partial charge in [0.25, 0.3) is 0 Å². The molecule has 1 atom stereocenters. The number of carbonyl (C=O) groups is 1. The third-order valence-electron chi connectivity index (χ3n) is 4.26. The number of nitrogens with one attached hydrogen (secondary N) is 2. The molecule has 2 N–H and O–H groups in total. The summed E-state index contributed by atoms with van der Waals surface area (Å²) < 4.78 is 11.3. The molecule has 2 heterocycles. The Bertz CT molecular complexity index is 357. The molecular formula is C17H33N3O3. The van der Waals surface area contributed by atoms with E-state index in [1.165, 1.54) is 6.42 Å². The minimum Gasteiger partial charge on any atom is -0.444 e. The van der Waals surface area contributed by atoms with Crippen molar-refractivity contribution in [2.75, 3.05) is 39.3 Å². The molecule has 0 spiro atoms. The van der Waals surface area contributed by atoms with Gasteiger partial charge >= 0.3 is 6.09 Å². The smallest absolute Gasteiger partial charge is 0.410 e. The average Bonchev–Trinajstić information content (AvgIpc) is 2.99. The van der Waals surface area contributed by atoms with Gasteiger partial charge in [-0.15, -0.1) is 0 Å². The van der Waals surface area contributed by atoms with E-state index in [0.717, 1.165) is 58.6 Å². The molecule has 0 aromatic rings. The van der Waals surface area contributed by atoms with Gasteiger partial charge in [0.1, 0.15) is 5.60 Å². The van der Waals surface area contributed by atoms with Crippen molar-refractivity contribution in [2.24, 2.45) is 0 Å². The molecule has 0 aromatic heterocycles. The SMILES string of the molecule is CC(C)(C)OC(=O)N1CCC(OCCCNC2CCNC2)CC1. The first-order valence-electron chi connectivity index (χ1n) is 8.98. The van der Waals surface area contributed by atoms with Gasteiger partial charge in [-0.3, -0.25) is 0 Å². The van der Waals surface area contributed by atoms with Gasteiger partial charge in [0.05, 0.1) is 6.10 Å². The molecule has 2 rings (SSSR count). The Morgan fingerprint density at radius 1 is 1.26 bits per heavy atom. The predicted octanol–water partition coefficient (Wildman–Crippen LogP) is 1.74. The van der Waals surface area contributed by atoms with Gasteiger partial charge in [0, 0.05) is 32.3 Å². The average molecular weight is 327 g/mol. The Morgan fingerprint density at radius 2 is 2.00 bits per heavy atom. The zero-order valence-corrected chi connectivity index (χ0v) is 14.9. The van der Waals surface area contributed by atoms with E-state index in [9.17, 15) is 4.79 Å². The lowest BCUT2D eigenvalue weighted by atomic mass is 10.1. The Labute approximate surface area is 140 Å². The van der Waals surface area contributed by atoms with Crippen molar-refractivity contribution in [3.63, 3.8) is 0 Å². The van der Waals surface area contributed by atoms with Crippen LogP contribution in [0, 0.1) is 0 Å². The van der Waals surface area contributed by atoms with Crippen molar-refractivity contribution < 1.29 is 14.3 Å². The number of likely N-dealkylation sites (tertiary alicyclic amines) is 1. The highest BCUT2D eigenvalue weighted by molar-refractivity contribution is 5.68. The van der Waals surface area contributed by atoms with Gasteiger partial charge in [-0.05, 0) is 59.5 Å². The van der Waals surface area contributed by atoms with E-state index >= 15 is 0 Å². The quantitative estimate of drug-likeness (QED) is 0.728. The monoisotopic (exact) mass is 327 g/mol. The molecule has 0 radical (unpaired) electrons. The van der Waals surface area contributed by atoms with Crippen molar-refractivity contribution in [2.45, 2.75) is 64.2 Å². The lowest BCUT2D eigenvalue weighted by molar-refractivity contribution is -0.0117. The fourth-order valence-corrected chi connectivity index (χ4v) is 2.99. The van der Waals surface area contributed by atoms with Gasteiger partial charge in [-0.25, -0.2) is 4.79 Å². The van der Waals surface area contributed by atoms with Crippen LogP contribution in [0.5, 0.6) is 0 Å². The van der Waals surface area contributed by atoms with E-state index in [1.54, 1.807) is 4.90 Å². The molecule has 2 aliphatic rings. The highest BCUT2D eigenvalue weighted by Crippen LogP contribution is 2.17. The maximum Gasteiger partial charge on any atom is 0.410 e. The fourth-order valence-electron chi connectivity index (χ4n) is 2.99. The van der Waals surface area contributed by atoms with Crippen LogP contribution in [0.3, 0.4) is 0 Å². The number of carbonyl (C=O) groups excluding carboxylic acids is 1. The molecule has 23 heavy (non-hydrogen) atoms. The fraction of sp³-hybridized carbons (Fsp3) is 0.941. The molecule has 0 aliphatic carbocycles. The van der Waals surface area contributed by atoms with Crippen molar-refractivity contribution >= 4 is 6.09 Å². The summed E-state index contributed by atoms with van der Waals surface area (Å²) in [6.45, 7) is 11.2. The summed E-state index contributed by atoms with van der Waals surface area (Å²) >= 11 is 0. The first kappa shape index (κ1) is 18.5. The molecule has 2 saturated heterocycles. The summed E-state index contributed by atoms with van der Waals surface area (Å²) in [6, 6.07) is 0.632. The highest BCUT2D eigenvalue weighted by Gasteiger charge is 2.27. The van der Waals surface area contributed by atoms with E-state index in [2.05, 4.69) is 10.6 Å². The molecule has 0 aromatic carbocycles. The van der Waals surface area contributed by atoms with Gasteiger partial charge in [0.2, 0.25) is 0 Å². The van der Waals surface area contributed by atoms with Gasteiger partial charge in [0.15, 0.2) is 0 Å². The van der Waals surface area contributed by atoms with E-state index in [-0.39, 0.29) is 12.2 Å². The maximum atomic E-state index is 12.0. The van der Waals surface area contributed by atoms with Crippen LogP contribution in [0.25, 0.3) is 0 Å². The van der Waals surface area contributed by atoms with Crippen LogP contribution in [-0.4, -0.2) is 68.1 Å². The number of ether oxygens (including phenoxy) is 2. The van der Waals surface area contributed by atoms with Crippen LogP contribution in [0.4, 0.5) is 4.79 Å². The topological polar surface area (TPSA) is 62.8 Å².